The van der Waals surface area contributed by atoms with E-state index in [0.29, 0.717) is 12.2 Å². The number of hydrogen-bond acceptors (Lipinski definition) is 7. The van der Waals surface area contributed by atoms with Crippen LogP contribution in [0.1, 0.15) is 74.6 Å². The molecule has 1 aromatic heterocycles. The van der Waals surface area contributed by atoms with Crippen LogP contribution in [0.5, 0.6) is 11.5 Å². The van der Waals surface area contributed by atoms with Crippen molar-refractivity contribution in [3.05, 3.63) is 54.2 Å². The summed E-state index contributed by atoms with van der Waals surface area (Å²) in [4.78, 5) is 29.4. The van der Waals surface area contributed by atoms with Gasteiger partial charge in [-0.05, 0) is 79.4 Å². The number of methoxy groups -OCH3 is 1. The monoisotopic (exact) mass is 597 g/mol. The lowest BCUT2D eigenvalue weighted by Crippen LogP contribution is -2.46. The maximum absolute atomic E-state index is 13.2. The van der Waals surface area contributed by atoms with E-state index in [-0.39, 0.29) is 11.9 Å². The first-order chi connectivity index (χ1) is 21.7. The lowest BCUT2D eigenvalue weighted by atomic mass is 10.0. The Labute approximate surface area is 262 Å². The summed E-state index contributed by atoms with van der Waals surface area (Å²) < 4.78 is 11.9. The van der Waals surface area contributed by atoms with Crippen LogP contribution < -0.4 is 14.4 Å². The van der Waals surface area contributed by atoms with E-state index in [4.69, 9.17) is 9.47 Å². The van der Waals surface area contributed by atoms with Gasteiger partial charge in [-0.25, -0.2) is 4.98 Å². The largest absolute Gasteiger partial charge is 0.493 e. The van der Waals surface area contributed by atoms with Crippen molar-refractivity contribution >= 4 is 34.4 Å². The predicted octanol–water partition coefficient (Wildman–Crippen LogP) is 6.89. The minimum absolute atomic E-state index is 0.0794. The molecule has 3 aliphatic rings. The third-order valence-corrected chi connectivity index (χ3v) is 9.39. The molecule has 1 amide bonds. The number of benzene rings is 2. The molecule has 44 heavy (non-hydrogen) atoms. The molecule has 3 aliphatic heterocycles. The van der Waals surface area contributed by atoms with Gasteiger partial charge in [0.2, 0.25) is 0 Å². The molecule has 0 radical (unpaired) electrons. The number of hydrogen-bond donors (Lipinski definition) is 0. The van der Waals surface area contributed by atoms with E-state index >= 15 is 0 Å². The quantitative estimate of drug-likeness (QED) is 0.189. The molecule has 0 bridgehead atoms. The summed E-state index contributed by atoms with van der Waals surface area (Å²) in [5.41, 5.74) is 1.41. The van der Waals surface area contributed by atoms with Crippen molar-refractivity contribution in [1.82, 2.24) is 14.8 Å². The Hall–Kier alpha value is -3.65. The van der Waals surface area contributed by atoms with Gasteiger partial charge in [-0.15, -0.1) is 0 Å². The van der Waals surface area contributed by atoms with E-state index in [0.717, 1.165) is 85.8 Å². The molecule has 0 aliphatic carbocycles. The number of nitrogens with zero attached hydrogens (tertiary/aromatic N) is 5. The minimum atomic E-state index is 0.0794. The third-order valence-electron chi connectivity index (χ3n) is 9.39. The van der Waals surface area contributed by atoms with Crippen LogP contribution in [0, 0.1) is 0 Å². The van der Waals surface area contributed by atoms with Crippen LogP contribution in [-0.4, -0.2) is 85.9 Å². The van der Waals surface area contributed by atoms with Crippen molar-refractivity contribution in [2.45, 2.75) is 70.3 Å². The predicted molar refractivity (Wildman–Crippen MR) is 178 cm³/mol. The molecule has 1 atom stereocenters. The van der Waals surface area contributed by atoms with Gasteiger partial charge in [-0.3, -0.25) is 14.7 Å². The second kappa shape index (κ2) is 14.9. The average molecular weight is 598 g/mol. The van der Waals surface area contributed by atoms with Gasteiger partial charge in [-0.1, -0.05) is 44.6 Å². The number of aliphatic imine (C=N–C) groups is 1. The summed E-state index contributed by atoms with van der Waals surface area (Å²) in [6.45, 7) is 7.11. The normalized spacial score (nSPS) is 18.4. The van der Waals surface area contributed by atoms with Crippen LogP contribution in [0.15, 0.2) is 53.7 Å². The molecule has 6 rings (SSSR count). The molecule has 4 heterocycles. The number of carbonyl (C=O) groups is 1. The maximum atomic E-state index is 13.2. The Kier molecular flexibility index (Phi) is 10.3. The topological polar surface area (TPSA) is 70.5 Å². The van der Waals surface area contributed by atoms with Crippen LogP contribution in [0.25, 0.3) is 10.8 Å². The van der Waals surface area contributed by atoms with Crippen molar-refractivity contribution in [3.8, 4) is 11.5 Å². The Morgan fingerprint density at radius 2 is 1.59 bits per heavy atom. The third kappa shape index (κ3) is 7.34. The fraction of sp³-hybridized carbons (Fsp3) is 0.528. The second-order valence-electron chi connectivity index (χ2n) is 12.4. The van der Waals surface area contributed by atoms with Crippen molar-refractivity contribution in [1.29, 1.82) is 0 Å². The van der Waals surface area contributed by atoms with Gasteiger partial charge >= 0.3 is 0 Å². The summed E-state index contributed by atoms with van der Waals surface area (Å²) in [6, 6.07) is 14.3. The smallest absolute Gasteiger partial charge is 0.256 e. The number of piperazine rings is 1. The van der Waals surface area contributed by atoms with Crippen LogP contribution >= 0.6 is 0 Å². The van der Waals surface area contributed by atoms with Gasteiger partial charge in [-0.2, -0.15) is 0 Å². The Bertz CT molecular complexity index is 1420. The van der Waals surface area contributed by atoms with Gasteiger partial charge in [0.05, 0.1) is 31.0 Å². The summed E-state index contributed by atoms with van der Waals surface area (Å²) in [7, 11) is 1.68. The standard InChI is InChI=1S/C36H47N5O3/c1-43-33-25-29-24-32-31(36(42)41-17-12-13-30(41)27-38-32)23-28(29)26-34(33)44-22-11-7-5-3-2-4-6-10-16-39-18-20-40(21-19-39)35-14-8-9-15-37-35/h8-9,14-15,23-27,30H,2-7,10-13,16-22H2,1H3/t30-/m0/s1. The SMILES string of the molecule is COc1cc2cc3c(cc2cc1OCCCCCCCCCCN1CCN(c2ccccn2)CC1)C(=O)N1CCC[C@H]1C=N3. The number of unbranched alkanes of at least 4 members (excludes halogenated alkanes) is 7. The zero-order chi connectivity index (χ0) is 30.1. The van der Waals surface area contributed by atoms with E-state index in [1.165, 1.54) is 51.5 Å². The van der Waals surface area contributed by atoms with Crippen LogP contribution in [0.2, 0.25) is 0 Å². The highest BCUT2D eigenvalue weighted by molar-refractivity contribution is 6.07. The average Bonchev–Trinajstić information content (AvgIpc) is 3.50. The van der Waals surface area contributed by atoms with Gasteiger partial charge in [0, 0.05) is 45.1 Å². The molecular formula is C36H47N5O3. The van der Waals surface area contributed by atoms with Gasteiger partial charge < -0.3 is 19.3 Å². The fourth-order valence-corrected chi connectivity index (χ4v) is 6.79. The summed E-state index contributed by atoms with van der Waals surface area (Å²) >= 11 is 0. The molecule has 2 saturated heterocycles. The molecule has 2 aromatic carbocycles. The number of carbonyl (C=O) groups excluding carboxylic acids is 1. The molecule has 2 fully saturated rings. The summed E-state index contributed by atoms with van der Waals surface area (Å²) in [6.07, 6.45) is 15.9. The highest BCUT2D eigenvalue weighted by atomic mass is 16.5. The zero-order valence-electron chi connectivity index (χ0n) is 26.3. The van der Waals surface area contributed by atoms with Crippen LogP contribution in [-0.2, 0) is 0 Å². The molecule has 0 unspecified atom stereocenters. The number of rotatable bonds is 14. The van der Waals surface area contributed by atoms with Crippen LogP contribution in [0.3, 0.4) is 0 Å². The Morgan fingerprint density at radius 3 is 2.36 bits per heavy atom. The maximum Gasteiger partial charge on any atom is 0.256 e. The van der Waals surface area contributed by atoms with Crippen molar-refractivity contribution in [2.75, 3.05) is 57.9 Å². The van der Waals surface area contributed by atoms with E-state index in [9.17, 15) is 4.79 Å². The van der Waals surface area contributed by atoms with Gasteiger partial charge in [0.25, 0.3) is 5.91 Å². The Balaban J connectivity index is 0.866. The van der Waals surface area contributed by atoms with Crippen molar-refractivity contribution in [3.63, 3.8) is 0 Å². The zero-order valence-corrected chi connectivity index (χ0v) is 26.3. The second-order valence-corrected chi connectivity index (χ2v) is 12.4. The van der Waals surface area contributed by atoms with Crippen molar-refractivity contribution in [2.24, 2.45) is 4.99 Å². The molecule has 0 N–H and O–H groups in total. The van der Waals surface area contributed by atoms with Crippen molar-refractivity contribution < 1.29 is 14.3 Å². The number of fused-ring (bicyclic) bond motifs is 3. The first kappa shape index (κ1) is 30.4. The number of anilines is 1. The van der Waals surface area contributed by atoms with Crippen LogP contribution in [0.4, 0.5) is 11.5 Å². The molecule has 234 valence electrons. The summed E-state index contributed by atoms with van der Waals surface area (Å²) in [5.74, 6) is 2.64. The molecule has 0 spiro atoms. The van der Waals surface area contributed by atoms with E-state index in [1.807, 2.05) is 47.6 Å². The summed E-state index contributed by atoms with van der Waals surface area (Å²) in [5, 5.41) is 1.98. The van der Waals surface area contributed by atoms with E-state index < -0.39 is 0 Å². The number of amides is 1. The lowest BCUT2D eigenvalue weighted by Gasteiger charge is -2.35. The highest BCUT2D eigenvalue weighted by Crippen LogP contribution is 2.37. The molecule has 0 saturated carbocycles. The number of pyridine rings is 1. The first-order valence-electron chi connectivity index (χ1n) is 16.7. The minimum Gasteiger partial charge on any atom is -0.493 e. The molecule has 3 aromatic rings. The number of aromatic nitrogens is 1. The van der Waals surface area contributed by atoms with E-state index in [2.05, 4.69) is 31.9 Å². The molecule has 8 heteroatoms. The molecule has 8 nitrogen and oxygen atoms in total. The van der Waals surface area contributed by atoms with Gasteiger partial charge in [0.15, 0.2) is 11.5 Å². The Morgan fingerprint density at radius 1 is 0.841 bits per heavy atom. The lowest BCUT2D eigenvalue weighted by molar-refractivity contribution is 0.0775. The first-order valence-corrected chi connectivity index (χ1v) is 16.7. The fourth-order valence-electron chi connectivity index (χ4n) is 6.79. The van der Waals surface area contributed by atoms with Gasteiger partial charge in [0.1, 0.15) is 5.82 Å². The molecular weight excluding hydrogens is 550 g/mol. The van der Waals surface area contributed by atoms with E-state index in [1.54, 1.807) is 7.11 Å². The highest BCUT2D eigenvalue weighted by Gasteiger charge is 2.32. The number of ether oxygens (including phenoxy) is 2.